The van der Waals surface area contributed by atoms with E-state index in [1.54, 1.807) is 25.4 Å². The summed E-state index contributed by atoms with van der Waals surface area (Å²) in [5.74, 6) is 0.250. The molecule has 0 amide bonds. The lowest BCUT2D eigenvalue weighted by atomic mass is 10.3. The van der Waals surface area contributed by atoms with Gasteiger partial charge in [-0.05, 0) is 32.1 Å². The van der Waals surface area contributed by atoms with E-state index in [-0.39, 0.29) is 23.5 Å². The van der Waals surface area contributed by atoms with Gasteiger partial charge in [-0.3, -0.25) is 0 Å². The second-order valence-corrected chi connectivity index (χ2v) is 6.63. The van der Waals surface area contributed by atoms with E-state index in [9.17, 15) is 17.6 Å². The van der Waals surface area contributed by atoms with Crippen molar-refractivity contribution in [3.8, 4) is 11.6 Å². The zero-order chi connectivity index (χ0) is 21.2. The predicted molar refractivity (Wildman–Crippen MR) is 100 cm³/mol. The van der Waals surface area contributed by atoms with Crippen LogP contribution in [0, 0.1) is 0 Å². The first-order valence-corrected chi connectivity index (χ1v) is 8.71. The molecule has 1 aliphatic heterocycles. The van der Waals surface area contributed by atoms with E-state index in [4.69, 9.17) is 0 Å². The maximum Gasteiger partial charge on any atom is 0.433 e. The van der Waals surface area contributed by atoms with Crippen molar-refractivity contribution in [3.05, 3.63) is 48.1 Å². The Morgan fingerprint density at radius 2 is 1.83 bits per heavy atom. The molecular formula is C18H19F4N7. The van der Waals surface area contributed by atoms with Crippen molar-refractivity contribution in [2.45, 2.75) is 32.4 Å². The van der Waals surface area contributed by atoms with Crippen LogP contribution in [0.2, 0.25) is 0 Å². The lowest BCUT2D eigenvalue weighted by Crippen LogP contribution is -2.24. The van der Waals surface area contributed by atoms with Crippen LogP contribution in [-0.2, 0) is 6.18 Å². The maximum atomic E-state index is 13.9. The van der Waals surface area contributed by atoms with Crippen LogP contribution in [0.15, 0.2) is 42.4 Å². The first-order valence-electron chi connectivity index (χ1n) is 8.71. The molecule has 0 unspecified atom stereocenters. The number of nitrogens with one attached hydrogen (secondary N) is 2. The Kier molecular flexibility index (Phi) is 5.66. The molecule has 1 aliphatic rings. The molecule has 0 bridgehead atoms. The molecule has 0 saturated heterocycles. The van der Waals surface area contributed by atoms with Crippen LogP contribution in [0.4, 0.5) is 29.2 Å². The molecule has 0 radical (unpaired) electrons. The Morgan fingerprint density at radius 1 is 1.10 bits per heavy atom. The summed E-state index contributed by atoms with van der Waals surface area (Å²) in [4.78, 5) is 17.2. The summed E-state index contributed by atoms with van der Waals surface area (Å²) in [5, 5.41) is 6.00. The molecule has 29 heavy (non-hydrogen) atoms. The van der Waals surface area contributed by atoms with Crippen LogP contribution in [-0.4, -0.2) is 44.2 Å². The minimum absolute atomic E-state index is 0.00527. The van der Waals surface area contributed by atoms with Gasteiger partial charge in [0.1, 0.15) is 17.3 Å². The molecule has 154 valence electrons. The average molecular weight is 409 g/mol. The Bertz CT molecular complexity index is 940. The van der Waals surface area contributed by atoms with Crippen LogP contribution in [0.3, 0.4) is 0 Å². The summed E-state index contributed by atoms with van der Waals surface area (Å²) in [6.07, 6.45) is -0.388. The van der Waals surface area contributed by atoms with E-state index in [0.717, 1.165) is 12.3 Å². The molecule has 7 nitrogen and oxygen atoms in total. The van der Waals surface area contributed by atoms with Crippen LogP contribution < -0.4 is 10.6 Å². The van der Waals surface area contributed by atoms with Crippen molar-refractivity contribution < 1.29 is 17.6 Å². The van der Waals surface area contributed by atoms with Gasteiger partial charge in [0.15, 0.2) is 12.1 Å². The number of likely N-dealkylation sites (N-methyl/N-ethyl adjacent to an activating group) is 1. The summed E-state index contributed by atoms with van der Waals surface area (Å²) in [6.45, 7) is 3.76. The predicted octanol–water partition coefficient (Wildman–Crippen LogP) is 3.82. The number of aromatic nitrogens is 4. The summed E-state index contributed by atoms with van der Waals surface area (Å²) in [5.41, 5.74) is -0.648. The average Bonchev–Trinajstić information content (AvgIpc) is 2.63. The number of hydrogen-bond donors (Lipinski definition) is 2. The minimum Gasteiger partial charge on any atom is -0.368 e. The van der Waals surface area contributed by atoms with Crippen molar-refractivity contribution in [1.82, 2.24) is 24.8 Å². The molecule has 2 aromatic rings. The van der Waals surface area contributed by atoms with E-state index in [1.807, 2.05) is 13.8 Å². The van der Waals surface area contributed by atoms with Crippen LogP contribution in [0.25, 0.3) is 11.6 Å². The quantitative estimate of drug-likeness (QED) is 0.574. The highest BCUT2D eigenvalue weighted by molar-refractivity contribution is 5.59. The first kappa shape index (κ1) is 20.5. The van der Waals surface area contributed by atoms with Gasteiger partial charge in [0.25, 0.3) is 0 Å². The van der Waals surface area contributed by atoms with Gasteiger partial charge < -0.3 is 15.5 Å². The monoisotopic (exact) mass is 409 g/mol. The number of hydrogen-bond acceptors (Lipinski definition) is 7. The van der Waals surface area contributed by atoms with E-state index in [1.165, 1.54) is 11.0 Å². The smallest absolute Gasteiger partial charge is 0.368 e. The van der Waals surface area contributed by atoms with Crippen LogP contribution in [0.1, 0.15) is 19.5 Å². The number of alkyl halides is 4. The van der Waals surface area contributed by atoms with E-state index in [2.05, 4.69) is 30.6 Å². The van der Waals surface area contributed by atoms with E-state index in [0.29, 0.717) is 11.5 Å². The third-order valence-electron chi connectivity index (χ3n) is 3.78. The zero-order valence-electron chi connectivity index (χ0n) is 15.9. The summed E-state index contributed by atoms with van der Waals surface area (Å²) < 4.78 is 52.8. The Hall–Kier alpha value is -3.24. The van der Waals surface area contributed by atoms with E-state index < -0.39 is 18.2 Å². The second kappa shape index (κ2) is 8.02. The molecule has 3 rings (SSSR count). The van der Waals surface area contributed by atoms with Gasteiger partial charge in [0, 0.05) is 37.2 Å². The van der Waals surface area contributed by atoms with Gasteiger partial charge >= 0.3 is 6.18 Å². The molecule has 2 aromatic heterocycles. The van der Waals surface area contributed by atoms with Gasteiger partial charge in [-0.25, -0.2) is 24.3 Å². The first-order chi connectivity index (χ1) is 13.6. The number of anilines is 2. The summed E-state index contributed by atoms with van der Waals surface area (Å²) in [7, 11) is 1.59. The van der Waals surface area contributed by atoms with E-state index >= 15 is 0 Å². The molecule has 11 heteroatoms. The molecule has 3 heterocycles. The summed E-state index contributed by atoms with van der Waals surface area (Å²) in [6, 6.07) is 2.34. The van der Waals surface area contributed by atoms with Crippen LogP contribution >= 0.6 is 0 Å². The zero-order valence-corrected chi connectivity index (χ0v) is 15.9. The molecule has 0 aromatic carbocycles. The number of nitrogens with zero attached hydrogens (tertiary/aromatic N) is 5. The minimum atomic E-state index is -4.62. The lowest BCUT2D eigenvalue weighted by Gasteiger charge is -2.22. The Balaban J connectivity index is 1.99. The largest absolute Gasteiger partial charge is 0.433 e. The number of halogens is 4. The molecule has 0 aliphatic carbocycles. The molecular weight excluding hydrogens is 390 g/mol. The molecule has 0 fully saturated rings. The molecule has 0 saturated carbocycles. The summed E-state index contributed by atoms with van der Waals surface area (Å²) >= 11 is 0. The second-order valence-electron chi connectivity index (χ2n) is 6.63. The lowest BCUT2D eigenvalue weighted by molar-refractivity contribution is -0.141. The van der Waals surface area contributed by atoms with Crippen molar-refractivity contribution >= 4 is 11.6 Å². The van der Waals surface area contributed by atoms with Crippen molar-refractivity contribution in [1.29, 1.82) is 0 Å². The third kappa shape index (κ3) is 5.18. The number of allylic oxidation sites excluding steroid dienone is 1. The third-order valence-corrected chi connectivity index (χ3v) is 3.78. The number of rotatable bonds is 5. The molecule has 1 atom stereocenters. The van der Waals surface area contributed by atoms with Gasteiger partial charge in [0.2, 0.25) is 5.82 Å². The standard InChI is InChI=1S/C18H19F4N7/c1-10(2)24-14-9-15(25-11-5-7-29(3)13(19)8-11)28-17(27-14)16-23-6-4-12(26-16)18(20,21)22/h4-10,13H,1-3H3,(H2,24,25,27,28)/t13-/m0/s1. The van der Waals surface area contributed by atoms with Crippen molar-refractivity contribution in [2.24, 2.45) is 0 Å². The fourth-order valence-electron chi connectivity index (χ4n) is 2.44. The highest BCUT2D eigenvalue weighted by Gasteiger charge is 2.33. The highest BCUT2D eigenvalue weighted by Crippen LogP contribution is 2.28. The SMILES string of the molecule is CC(C)Nc1cc(NC2=C[C@@H](F)N(C)C=C2)nc(-c2nccc(C(F)(F)F)n2)n1. The van der Waals surface area contributed by atoms with Crippen molar-refractivity contribution in [2.75, 3.05) is 17.7 Å². The molecule has 0 spiro atoms. The Morgan fingerprint density at radius 3 is 2.48 bits per heavy atom. The van der Waals surface area contributed by atoms with Gasteiger partial charge in [0.05, 0.1) is 0 Å². The topological polar surface area (TPSA) is 78.9 Å². The van der Waals surface area contributed by atoms with Crippen LogP contribution in [0.5, 0.6) is 0 Å². The highest BCUT2D eigenvalue weighted by atomic mass is 19.4. The Labute approximate surface area is 164 Å². The maximum absolute atomic E-state index is 13.9. The fraction of sp³-hybridized carbons (Fsp3) is 0.333. The fourth-order valence-corrected chi connectivity index (χ4v) is 2.44. The normalized spacial score (nSPS) is 16.8. The van der Waals surface area contributed by atoms with Gasteiger partial charge in [-0.15, -0.1) is 0 Å². The van der Waals surface area contributed by atoms with Gasteiger partial charge in [-0.2, -0.15) is 13.2 Å². The van der Waals surface area contributed by atoms with Crippen molar-refractivity contribution in [3.63, 3.8) is 0 Å². The molecule has 2 N–H and O–H groups in total. The van der Waals surface area contributed by atoms with Gasteiger partial charge in [-0.1, -0.05) is 0 Å².